The smallest absolute Gasteiger partial charge is 0.393 e. The standard InChI is InChI=1S/C23H26ClF3N6O2/c1-14-12-32(18-8-21(34-2)30-9-17(18)24)6-4-19(14)35-22-11-29-20(10-31-22)33-13-15(23(25,26)27)7-16(33)3-5-28/h8-11,14-16,19H,3-4,6-7,12-13H2,1-2H3/t14-,15-,16?,19-/m1/s1. The first kappa shape index (κ1) is 25.1. The zero-order chi connectivity index (χ0) is 25.2. The summed E-state index contributed by atoms with van der Waals surface area (Å²) < 4.78 is 51.0. The predicted octanol–water partition coefficient (Wildman–Crippen LogP) is 4.50. The average molecular weight is 511 g/mol. The van der Waals surface area contributed by atoms with Crippen molar-refractivity contribution < 1.29 is 22.6 Å². The van der Waals surface area contributed by atoms with E-state index >= 15 is 0 Å². The Bertz CT molecular complexity index is 1060. The zero-order valence-corrected chi connectivity index (χ0v) is 20.1. The number of rotatable bonds is 6. The molecule has 0 bridgehead atoms. The predicted molar refractivity (Wildman–Crippen MR) is 124 cm³/mol. The van der Waals surface area contributed by atoms with Crippen LogP contribution in [0.15, 0.2) is 24.7 Å². The summed E-state index contributed by atoms with van der Waals surface area (Å²) in [6.45, 7) is 3.24. The van der Waals surface area contributed by atoms with Crippen molar-refractivity contribution in [3.63, 3.8) is 0 Å². The van der Waals surface area contributed by atoms with Crippen LogP contribution in [-0.2, 0) is 0 Å². The van der Waals surface area contributed by atoms with E-state index in [0.717, 1.165) is 12.1 Å². The summed E-state index contributed by atoms with van der Waals surface area (Å²) in [4.78, 5) is 16.4. The van der Waals surface area contributed by atoms with Crippen LogP contribution >= 0.6 is 11.6 Å². The van der Waals surface area contributed by atoms with E-state index < -0.39 is 18.1 Å². The maximum absolute atomic E-state index is 13.2. The van der Waals surface area contributed by atoms with E-state index in [1.807, 2.05) is 12.1 Å². The Morgan fingerprint density at radius 2 is 1.94 bits per heavy atom. The fourth-order valence-corrected chi connectivity index (χ4v) is 4.91. The number of pyridine rings is 1. The zero-order valence-electron chi connectivity index (χ0n) is 19.4. The van der Waals surface area contributed by atoms with Gasteiger partial charge in [-0.1, -0.05) is 18.5 Å². The van der Waals surface area contributed by atoms with Gasteiger partial charge in [0, 0.05) is 44.1 Å². The summed E-state index contributed by atoms with van der Waals surface area (Å²) in [7, 11) is 1.55. The maximum atomic E-state index is 13.2. The number of hydrogen-bond acceptors (Lipinski definition) is 8. The highest BCUT2D eigenvalue weighted by atomic mass is 35.5. The Morgan fingerprint density at radius 3 is 2.57 bits per heavy atom. The normalized spacial score (nSPS) is 24.8. The molecule has 4 atom stereocenters. The average Bonchev–Trinajstić information content (AvgIpc) is 3.26. The van der Waals surface area contributed by atoms with Crippen molar-refractivity contribution >= 4 is 23.1 Å². The summed E-state index contributed by atoms with van der Waals surface area (Å²) in [5.74, 6) is -0.230. The van der Waals surface area contributed by atoms with Crippen molar-refractivity contribution in [2.45, 2.75) is 44.5 Å². The number of alkyl halides is 3. The third-order valence-corrected chi connectivity index (χ3v) is 6.86. The van der Waals surface area contributed by atoms with Crippen LogP contribution in [0.4, 0.5) is 24.7 Å². The van der Waals surface area contributed by atoms with Crippen LogP contribution in [0.1, 0.15) is 26.2 Å². The number of methoxy groups -OCH3 is 1. The highest BCUT2D eigenvalue weighted by Gasteiger charge is 2.47. The molecule has 12 heteroatoms. The summed E-state index contributed by atoms with van der Waals surface area (Å²) in [6.07, 6.45) is 0.589. The Balaban J connectivity index is 1.39. The molecular weight excluding hydrogens is 485 g/mol. The quantitative estimate of drug-likeness (QED) is 0.561. The molecule has 0 aromatic carbocycles. The van der Waals surface area contributed by atoms with Gasteiger partial charge in [-0.15, -0.1) is 0 Å². The maximum Gasteiger partial charge on any atom is 0.393 e. The van der Waals surface area contributed by atoms with Crippen molar-refractivity contribution in [2.24, 2.45) is 11.8 Å². The third-order valence-electron chi connectivity index (χ3n) is 6.57. The van der Waals surface area contributed by atoms with Gasteiger partial charge in [-0.05, 0) is 6.42 Å². The minimum atomic E-state index is -4.31. The highest BCUT2D eigenvalue weighted by molar-refractivity contribution is 6.33. The fourth-order valence-electron chi connectivity index (χ4n) is 4.69. The van der Waals surface area contributed by atoms with Gasteiger partial charge >= 0.3 is 6.18 Å². The first-order valence-electron chi connectivity index (χ1n) is 11.3. The SMILES string of the molecule is COc1cc(N2CC[C@@H](Oc3cnc(N4C[C@H](C(F)(F)F)CC4CC#N)cn3)[C@H](C)C2)c(Cl)cn1. The lowest BCUT2D eigenvalue weighted by atomic mass is 9.96. The van der Waals surface area contributed by atoms with Crippen LogP contribution in [-0.4, -0.2) is 60.0 Å². The number of anilines is 2. The molecule has 2 aliphatic rings. The number of aromatic nitrogens is 3. The van der Waals surface area contributed by atoms with E-state index in [1.165, 1.54) is 17.3 Å². The fraction of sp³-hybridized carbons (Fsp3) is 0.565. The molecule has 1 unspecified atom stereocenters. The Kier molecular flexibility index (Phi) is 7.40. The first-order chi connectivity index (χ1) is 16.7. The van der Waals surface area contributed by atoms with E-state index in [0.29, 0.717) is 35.7 Å². The van der Waals surface area contributed by atoms with Gasteiger partial charge in [0.1, 0.15) is 11.9 Å². The lowest BCUT2D eigenvalue weighted by Crippen LogP contribution is -2.44. The van der Waals surface area contributed by atoms with E-state index in [1.54, 1.807) is 13.3 Å². The van der Waals surface area contributed by atoms with E-state index in [2.05, 4.69) is 26.8 Å². The molecule has 35 heavy (non-hydrogen) atoms. The summed E-state index contributed by atoms with van der Waals surface area (Å²) in [6, 6.07) is 3.23. The Morgan fingerprint density at radius 1 is 1.17 bits per heavy atom. The van der Waals surface area contributed by atoms with Crippen molar-refractivity contribution in [1.29, 1.82) is 5.26 Å². The highest BCUT2D eigenvalue weighted by Crippen LogP contribution is 2.39. The Hall–Kier alpha value is -3.00. The summed E-state index contributed by atoms with van der Waals surface area (Å²) >= 11 is 6.34. The van der Waals surface area contributed by atoms with E-state index in [9.17, 15) is 13.2 Å². The molecule has 0 N–H and O–H groups in total. The van der Waals surface area contributed by atoms with Gasteiger partial charge in [0.25, 0.3) is 0 Å². The van der Waals surface area contributed by atoms with Crippen molar-refractivity contribution in [2.75, 3.05) is 36.5 Å². The van der Waals surface area contributed by atoms with Crippen LogP contribution < -0.4 is 19.3 Å². The first-order valence-corrected chi connectivity index (χ1v) is 11.7. The van der Waals surface area contributed by atoms with Gasteiger partial charge in [0.15, 0.2) is 0 Å². The molecule has 0 radical (unpaired) electrons. The second-order valence-corrected chi connectivity index (χ2v) is 9.31. The van der Waals surface area contributed by atoms with E-state index in [4.69, 9.17) is 26.3 Å². The molecule has 0 saturated carbocycles. The topological polar surface area (TPSA) is 87.4 Å². The van der Waals surface area contributed by atoms with Gasteiger partial charge in [0.2, 0.25) is 11.8 Å². The second kappa shape index (κ2) is 10.3. The number of piperidine rings is 1. The van der Waals surface area contributed by atoms with Crippen molar-refractivity contribution in [3.05, 3.63) is 29.7 Å². The molecule has 0 aliphatic carbocycles. The van der Waals surface area contributed by atoms with Gasteiger partial charge in [-0.25, -0.2) is 15.0 Å². The second-order valence-electron chi connectivity index (χ2n) is 8.90. The van der Waals surface area contributed by atoms with E-state index in [-0.39, 0.29) is 31.4 Å². The number of nitrogens with zero attached hydrogens (tertiary/aromatic N) is 6. The van der Waals surface area contributed by atoms with Gasteiger partial charge in [-0.2, -0.15) is 18.4 Å². The monoisotopic (exact) mass is 510 g/mol. The van der Waals surface area contributed by atoms with Crippen molar-refractivity contribution in [1.82, 2.24) is 15.0 Å². The van der Waals surface area contributed by atoms with Crippen molar-refractivity contribution in [3.8, 4) is 17.8 Å². The van der Waals surface area contributed by atoms with Gasteiger partial charge in [0.05, 0.1) is 54.8 Å². The lowest BCUT2D eigenvalue weighted by molar-refractivity contribution is -0.168. The van der Waals surface area contributed by atoms with Crippen LogP contribution in [0.2, 0.25) is 5.02 Å². The summed E-state index contributed by atoms with van der Waals surface area (Å²) in [5.41, 5.74) is 0.850. The molecular formula is C23H26ClF3N6O2. The van der Waals surface area contributed by atoms with Crippen LogP contribution in [0.5, 0.6) is 11.8 Å². The largest absolute Gasteiger partial charge is 0.481 e. The molecule has 4 heterocycles. The molecule has 2 saturated heterocycles. The molecule has 2 aromatic heterocycles. The molecule has 2 aromatic rings. The molecule has 188 valence electrons. The minimum absolute atomic E-state index is 0.00400. The number of ether oxygens (including phenoxy) is 2. The molecule has 4 rings (SSSR count). The molecule has 8 nitrogen and oxygen atoms in total. The van der Waals surface area contributed by atoms with Gasteiger partial charge < -0.3 is 19.3 Å². The molecule has 0 spiro atoms. The molecule has 2 aliphatic heterocycles. The number of hydrogen-bond donors (Lipinski definition) is 0. The number of halogens is 4. The summed E-state index contributed by atoms with van der Waals surface area (Å²) in [5, 5.41) is 9.58. The van der Waals surface area contributed by atoms with Crippen LogP contribution in [0.25, 0.3) is 0 Å². The van der Waals surface area contributed by atoms with Crippen LogP contribution in [0.3, 0.4) is 0 Å². The molecule has 2 fully saturated rings. The van der Waals surface area contributed by atoms with Gasteiger partial charge in [-0.3, -0.25) is 0 Å². The molecule has 0 amide bonds. The number of nitriles is 1. The Labute approximate surface area is 206 Å². The lowest BCUT2D eigenvalue weighted by Gasteiger charge is -2.38. The van der Waals surface area contributed by atoms with Crippen LogP contribution in [0, 0.1) is 23.2 Å². The third kappa shape index (κ3) is 5.64. The minimum Gasteiger partial charge on any atom is -0.481 e.